The average molecular weight is 578 g/mol. The molecule has 3 heterocycles. The first-order chi connectivity index (χ1) is 19.0. The summed E-state index contributed by atoms with van der Waals surface area (Å²) in [7, 11) is -2.24. The number of hydrogen-bond donors (Lipinski definition) is 0. The number of carbonyl (C=O) groups is 1. The van der Waals surface area contributed by atoms with Gasteiger partial charge in [-0.3, -0.25) is 4.79 Å². The lowest BCUT2D eigenvalue weighted by atomic mass is 10.0. The molecule has 1 fully saturated rings. The van der Waals surface area contributed by atoms with Gasteiger partial charge in [-0.2, -0.15) is 18.3 Å². The maximum Gasteiger partial charge on any atom is 0.435 e. The summed E-state index contributed by atoms with van der Waals surface area (Å²) in [6, 6.07) is 12.7. The van der Waals surface area contributed by atoms with E-state index in [1.54, 1.807) is 36.4 Å². The molecule has 2 aliphatic rings. The van der Waals surface area contributed by atoms with Gasteiger partial charge in [-0.15, -0.1) is 4.40 Å². The maximum atomic E-state index is 13.9. The van der Waals surface area contributed by atoms with Crippen LogP contribution in [0.3, 0.4) is 0 Å². The highest BCUT2D eigenvalue weighted by Crippen LogP contribution is 2.37. The van der Waals surface area contributed by atoms with E-state index in [9.17, 15) is 26.4 Å². The topological polar surface area (TPSA) is 106 Å². The van der Waals surface area contributed by atoms with Gasteiger partial charge in [0.2, 0.25) is 0 Å². The minimum atomic E-state index is -4.74. The fourth-order valence-electron chi connectivity index (χ4n) is 4.76. The van der Waals surface area contributed by atoms with Gasteiger partial charge in [0.05, 0.1) is 32.3 Å². The highest BCUT2D eigenvalue weighted by molar-refractivity contribution is 7.89. The van der Waals surface area contributed by atoms with Crippen LogP contribution in [0.15, 0.2) is 52.9 Å². The summed E-state index contributed by atoms with van der Waals surface area (Å²) < 4.78 is 81.1. The number of halogens is 3. The molecule has 2 aliphatic heterocycles. The zero-order valence-corrected chi connectivity index (χ0v) is 22.5. The number of fused-ring (bicyclic) bond motifs is 1. The number of amidine groups is 1. The fraction of sp³-hybridized carbons (Fsp3) is 0.346. The molecule has 0 unspecified atom stereocenters. The Labute approximate surface area is 228 Å². The molecule has 0 spiro atoms. The Morgan fingerprint density at radius 1 is 1.00 bits per heavy atom. The highest BCUT2D eigenvalue weighted by Gasteiger charge is 2.43. The third-order valence-electron chi connectivity index (χ3n) is 6.60. The van der Waals surface area contributed by atoms with Gasteiger partial charge in [-0.25, -0.2) is 13.1 Å². The van der Waals surface area contributed by atoms with Crippen LogP contribution in [0, 0.1) is 0 Å². The molecule has 0 saturated carbocycles. The van der Waals surface area contributed by atoms with Crippen LogP contribution < -0.4 is 9.64 Å². The molecule has 1 aromatic heterocycles. The van der Waals surface area contributed by atoms with Crippen molar-refractivity contribution in [3.63, 3.8) is 0 Å². The first-order valence-corrected chi connectivity index (χ1v) is 14.2. The molecule has 2 aromatic carbocycles. The number of carbonyl (C=O) groups excluding carboxylic acids is 1. The van der Waals surface area contributed by atoms with Gasteiger partial charge in [0.25, 0.3) is 15.9 Å². The molecule has 0 radical (unpaired) electrons. The van der Waals surface area contributed by atoms with Crippen molar-refractivity contribution in [2.45, 2.75) is 12.6 Å². The molecule has 212 valence electrons. The molecule has 0 aliphatic carbocycles. The number of methoxy groups -OCH3 is 1. The lowest BCUT2D eigenvalue weighted by Gasteiger charge is -2.30. The van der Waals surface area contributed by atoms with Gasteiger partial charge in [0.15, 0.2) is 5.69 Å². The standard InChI is InChI=1S/C26H26F3N5O5S/c1-38-20-9-7-19(8-10-20)34-22-21(23(30-34)26(27,28)29)11-12-33(25(22)35)18-5-3-17(4-6-18)24(31-40(2,36)37)32-13-15-39-16-14-32/h3-10H,11-16H2,1-2H3/b31-24+. The second kappa shape index (κ2) is 10.6. The Bertz CT molecular complexity index is 1540. The fourth-order valence-corrected chi connectivity index (χ4v) is 5.29. The first-order valence-electron chi connectivity index (χ1n) is 12.3. The van der Waals surface area contributed by atoms with Gasteiger partial charge in [0.1, 0.15) is 17.3 Å². The van der Waals surface area contributed by atoms with Crippen LogP contribution >= 0.6 is 0 Å². The quantitative estimate of drug-likeness (QED) is 0.339. The Morgan fingerprint density at radius 2 is 1.62 bits per heavy atom. The highest BCUT2D eigenvalue weighted by atomic mass is 32.2. The van der Waals surface area contributed by atoms with E-state index in [-0.39, 0.29) is 35.7 Å². The van der Waals surface area contributed by atoms with E-state index in [0.717, 1.165) is 10.9 Å². The Hall–Kier alpha value is -3.91. The largest absolute Gasteiger partial charge is 0.497 e. The van der Waals surface area contributed by atoms with E-state index in [0.29, 0.717) is 43.3 Å². The average Bonchev–Trinajstić information content (AvgIpc) is 3.34. The third kappa shape index (κ3) is 5.54. The molecule has 5 rings (SSSR count). The summed E-state index contributed by atoms with van der Waals surface area (Å²) in [5, 5.41) is 3.81. The Kier molecular flexibility index (Phi) is 7.31. The predicted octanol–water partition coefficient (Wildman–Crippen LogP) is 3.14. The zero-order chi connectivity index (χ0) is 28.7. The van der Waals surface area contributed by atoms with E-state index >= 15 is 0 Å². The Balaban J connectivity index is 1.51. The molecule has 14 heteroatoms. The lowest BCUT2D eigenvalue weighted by molar-refractivity contribution is -0.141. The molecule has 40 heavy (non-hydrogen) atoms. The zero-order valence-electron chi connectivity index (χ0n) is 21.7. The van der Waals surface area contributed by atoms with E-state index in [4.69, 9.17) is 9.47 Å². The molecule has 1 amide bonds. The van der Waals surface area contributed by atoms with E-state index in [1.165, 1.54) is 24.1 Å². The van der Waals surface area contributed by atoms with Crippen LogP contribution in [0.2, 0.25) is 0 Å². The maximum absolute atomic E-state index is 13.9. The second-order valence-corrected chi connectivity index (χ2v) is 10.9. The van der Waals surface area contributed by atoms with E-state index in [1.807, 2.05) is 4.90 Å². The summed E-state index contributed by atoms with van der Waals surface area (Å²) >= 11 is 0. The van der Waals surface area contributed by atoms with E-state index in [2.05, 4.69) is 9.50 Å². The number of hydrogen-bond acceptors (Lipinski definition) is 6. The number of alkyl halides is 3. The van der Waals surface area contributed by atoms with Crippen molar-refractivity contribution < 1.29 is 35.9 Å². The van der Waals surface area contributed by atoms with Crippen LogP contribution in [0.5, 0.6) is 5.75 Å². The molecular weight excluding hydrogens is 551 g/mol. The molecule has 0 atom stereocenters. The molecular formula is C26H26F3N5O5S. The number of nitrogens with zero attached hydrogens (tertiary/aromatic N) is 5. The molecule has 1 saturated heterocycles. The number of benzene rings is 2. The van der Waals surface area contributed by atoms with Gasteiger partial charge >= 0.3 is 6.18 Å². The SMILES string of the molecule is COc1ccc(-n2nc(C(F)(F)F)c3c2C(=O)N(c2ccc(/C(=N\S(C)(=O)=O)N4CCOCC4)cc2)CC3)cc1. The van der Waals surface area contributed by atoms with Crippen LogP contribution in [0.4, 0.5) is 18.9 Å². The Morgan fingerprint density at radius 3 is 2.20 bits per heavy atom. The summed E-state index contributed by atoms with van der Waals surface area (Å²) in [5.41, 5.74) is -0.171. The molecule has 3 aromatic rings. The van der Waals surface area contributed by atoms with Gasteiger partial charge in [0, 0.05) is 36.4 Å². The molecule has 0 bridgehead atoms. The number of anilines is 1. The van der Waals surface area contributed by atoms with Crippen molar-refractivity contribution in [1.29, 1.82) is 0 Å². The molecule has 0 N–H and O–H groups in total. The number of rotatable bonds is 5. The smallest absolute Gasteiger partial charge is 0.435 e. The van der Waals surface area contributed by atoms with Crippen molar-refractivity contribution in [2.75, 3.05) is 51.1 Å². The van der Waals surface area contributed by atoms with Crippen molar-refractivity contribution in [1.82, 2.24) is 14.7 Å². The van der Waals surface area contributed by atoms with Crippen LogP contribution in [-0.4, -0.2) is 81.1 Å². The monoisotopic (exact) mass is 577 g/mol. The minimum absolute atomic E-state index is 0.0102. The summed E-state index contributed by atoms with van der Waals surface area (Å²) in [4.78, 5) is 16.9. The van der Waals surface area contributed by atoms with Gasteiger partial charge in [-0.05, 0) is 55.0 Å². The predicted molar refractivity (Wildman–Crippen MR) is 141 cm³/mol. The van der Waals surface area contributed by atoms with Crippen molar-refractivity contribution in [2.24, 2.45) is 4.40 Å². The number of ether oxygens (including phenoxy) is 2. The number of sulfonamides is 1. The van der Waals surface area contributed by atoms with Crippen molar-refractivity contribution in [3.05, 3.63) is 71.0 Å². The third-order valence-corrected chi connectivity index (χ3v) is 7.11. The van der Waals surface area contributed by atoms with Crippen LogP contribution in [0.25, 0.3) is 5.69 Å². The number of morpholine rings is 1. The summed E-state index contributed by atoms with van der Waals surface area (Å²) in [6.45, 7) is 1.78. The molecule has 10 nitrogen and oxygen atoms in total. The van der Waals surface area contributed by atoms with Crippen LogP contribution in [-0.2, 0) is 27.4 Å². The van der Waals surface area contributed by atoms with Crippen molar-refractivity contribution >= 4 is 27.5 Å². The normalized spacial score (nSPS) is 16.7. The van der Waals surface area contributed by atoms with Crippen molar-refractivity contribution in [3.8, 4) is 11.4 Å². The lowest BCUT2D eigenvalue weighted by Crippen LogP contribution is -2.41. The first kappa shape index (κ1) is 27.6. The second-order valence-electron chi connectivity index (χ2n) is 9.28. The number of amides is 1. The van der Waals surface area contributed by atoms with Gasteiger partial charge in [-0.1, -0.05) is 0 Å². The van der Waals surface area contributed by atoms with E-state index < -0.39 is 27.8 Å². The van der Waals surface area contributed by atoms with Gasteiger partial charge < -0.3 is 19.3 Å². The summed E-state index contributed by atoms with van der Waals surface area (Å²) in [5.74, 6) is 0.132. The summed E-state index contributed by atoms with van der Waals surface area (Å²) in [6.07, 6.45) is -3.78. The number of aromatic nitrogens is 2. The minimum Gasteiger partial charge on any atom is -0.497 e. The van der Waals surface area contributed by atoms with Crippen LogP contribution in [0.1, 0.15) is 27.3 Å².